The van der Waals surface area contributed by atoms with Crippen molar-refractivity contribution in [2.75, 3.05) is 13.1 Å². The van der Waals surface area contributed by atoms with Gasteiger partial charge in [-0.3, -0.25) is 4.79 Å². The summed E-state index contributed by atoms with van der Waals surface area (Å²) in [5.74, 6) is -0.938. The summed E-state index contributed by atoms with van der Waals surface area (Å²) in [4.78, 5) is 26.7. The number of halogens is 2. The minimum atomic E-state index is -1.18. The average molecular weight is 505 g/mol. The lowest BCUT2D eigenvalue weighted by Gasteiger charge is -2.42. The molecular weight excluding hydrogens is 475 g/mol. The smallest absolute Gasteiger partial charge is 0.404 e. The summed E-state index contributed by atoms with van der Waals surface area (Å²) in [7, 11) is 0. The monoisotopic (exact) mass is 504 g/mol. The van der Waals surface area contributed by atoms with E-state index in [9.17, 15) is 14.7 Å². The SMILES string of the molecule is O=C(O)NC1CCN(C(=O)C(c2cc(-c3cccc(Cl)c3)ccc2Cl)C2(O)CCCCC2)CC1. The molecule has 6 nitrogen and oxygen atoms in total. The quantitative estimate of drug-likeness (QED) is 0.487. The summed E-state index contributed by atoms with van der Waals surface area (Å²) in [6.07, 6.45) is 3.86. The molecule has 3 N–H and O–H groups in total. The highest BCUT2D eigenvalue weighted by Crippen LogP contribution is 2.44. The third-order valence-electron chi connectivity index (χ3n) is 7.10. The van der Waals surface area contributed by atoms with Gasteiger partial charge >= 0.3 is 6.09 Å². The van der Waals surface area contributed by atoms with Crippen LogP contribution in [0.3, 0.4) is 0 Å². The molecule has 0 radical (unpaired) electrons. The number of rotatable bonds is 5. The Labute approximate surface area is 209 Å². The molecule has 1 aliphatic carbocycles. The van der Waals surface area contributed by atoms with Gasteiger partial charge in [0.1, 0.15) is 0 Å². The van der Waals surface area contributed by atoms with Crippen molar-refractivity contribution in [1.29, 1.82) is 0 Å². The van der Waals surface area contributed by atoms with E-state index >= 15 is 0 Å². The summed E-state index contributed by atoms with van der Waals surface area (Å²) in [6, 6.07) is 12.9. The predicted molar refractivity (Wildman–Crippen MR) is 133 cm³/mol. The lowest BCUT2D eigenvalue weighted by Crippen LogP contribution is -2.52. The summed E-state index contributed by atoms with van der Waals surface area (Å²) in [5.41, 5.74) is 1.23. The zero-order chi connectivity index (χ0) is 24.3. The van der Waals surface area contributed by atoms with Gasteiger partial charge in [-0.05, 0) is 66.6 Å². The number of hydrogen-bond acceptors (Lipinski definition) is 3. The van der Waals surface area contributed by atoms with Crippen LogP contribution in [0.4, 0.5) is 4.79 Å². The molecule has 1 aliphatic heterocycles. The van der Waals surface area contributed by atoms with Gasteiger partial charge < -0.3 is 20.4 Å². The Balaban J connectivity index is 1.68. The molecule has 0 bridgehead atoms. The third kappa shape index (κ3) is 5.51. The van der Waals surface area contributed by atoms with Crippen LogP contribution in [-0.2, 0) is 4.79 Å². The van der Waals surface area contributed by atoms with Crippen molar-refractivity contribution in [2.24, 2.45) is 0 Å². The second kappa shape index (κ2) is 10.5. The van der Waals surface area contributed by atoms with Crippen LogP contribution in [0.25, 0.3) is 11.1 Å². The van der Waals surface area contributed by atoms with Crippen LogP contribution >= 0.6 is 23.2 Å². The fourth-order valence-corrected chi connectivity index (χ4v) is 5.74. The van der Waals surface area contributed by atoms with E-state index < -0.39 is 17.6 Å². The van der Waals surface area contributed by atoms with E-state index in [4.69, 9.17) is 28.3 Å². The number of aliphatic hydroxyl groups is 1. The Morgan fingerprint density at radius 3 is 2.32 bits per heavy atom. The van der Waals surface area contributed by atoms with E-state index in [1.54, 1.807) is 11.0 Å². The minimum Gasteiger partial charge on any atom is -0.465 e. The van der Waals surface area contributed by atoms with Gasteiger partial charge in [0, 0.05) is 29.2 Å². The molecule has 1 unspecified atom stereocenters. The zero-order valence-electron chi connectivity index (χ0n) is 19.0. The molecule has 1 atom stereocenters. The summed E-state index contributed by atoms with van der Waals surface area (Å²) < 4.78 is 0. The van der Waals surface area contributed by atoms with Crippen molar-refractivity contribution in [1.82, 2.24) is 10.2 Å². The van der Waals surface area contributed by atoms with Gasteiger partial charge in [-0.2, -0.15) is 0 Å². The van der Waals surface area contributed by atoms with E-state index in [1.165, 1.54) is 0 Å². The molecule has 4 rings (SSSR count). The van der Waals surface area contributed by atoms with Crippen LogP contribution in [-0.4, -0.2) is 51.8 Å². The molecule has 2 amide bonds. The fraction of sp³-hybridized carbons (Fsp3) is 0.462. The molecule has 1 saturated heterocycles. The van der Waals surface area contributed by atoms with Crippen LogP contribution in [0.5, 0.6) is 0 Å². The zero-order valence-corrected chi connectivity index (χ0v) is 20.5. The number of carbonyl (C=O) groups is 2. The van der Waals surface area contributed by atoms with Crippen molar-refractivity contribution in [3.05, 3.63) is 58.1 Å². The third-order valence-corrected chi connectivity index (χ3v) is 7.68. The maximum atomic E-state index is 13.9. The first-order chi connectivity index (χ1) is 16.3. The molecule has 0 aromatic heterocycles. The fourth-order valence-electron chi connectivity index (χ4n) is 5.32. The molecule has 1 heterocycles. The van der Waals surface area contributed by atoms with Gasteiger partial charge in [0.25, 0.3) is 0 Å². The molecular formula is C26H30Cl2N2O4. The Kier molecular flexibility index (Phi) is 7.70. The maximum Gasteiger partial charge on any atom is 0.404 e. The van der Waals surface area contributed by atoms with Crippen molar-refractivity contribution >= 4 is 35.2 Å². The van der Waals surface area contributed by atoms with Gasteiger partial charge in [0.2, 0.25) is 5.91 Å². The number of likely N-dealkylation sites (tertiary alicyclic amines) is 1. The number of hydrogen-bond donors (Lipinski definition) is 3. The topological polar surface area (TPSA) is 89.9 Å². The molecule has 182 valence electrons. The van der Waals surface area contributed by atoms with Gasteiger partial charge in [-0.15, -0.1) is 0 Å². The maximum absolute atomic E-state index is 13.9. The molecule has 2 fully saturated rings. The Morgan fingerprint density at radius 1 is 1.00 bits per heavy atom. The first kappa shape index (κ1) is 24.8. The molecule has 2 aromatic rings. The van der Waals surface area contributed by atoms with Crippen molar-refractivity contribution in [3.8, 4) is 11.1 Å². The molecule has 8 heteroatoms. The highest BCUT2D eigenvalue weighted by molar-refractivity contribution is 6.32. The number of benzene rings is 2. The second-order valence-electron chi connectivity index (χ2n) is 9.39. The average Bonchev–Trinajstić information content (AvgIpc) is 2.81. The second-order valence-corrected chi connectivity index (χ2v) is 10.2. The first-order valence-electron chi connectivity index (χ1n) is 11.8. The Hall–Kier alpha value is -2.28. The highest BCUT2D eigenvalue weighted by atomic mass is 35.5. The van der Waals surface area contributed by atoms with E-state index in [-0.39, 0.29) is 11.9 Å². The van der Waals surface area contributed by atoms with E-state index in [0.717, 1.165) is 30.4 Å². The largest absolute Gasteiger partial charge is 0.465 e. The van der Waals surface area contributed by atoms with Crippen LogP contribution < -0.4 is 5.32 Å². The van der Waals surface area contributed by atoms with Crippen molar-refractivity contribution < 1.29 is 19.8 Å². The van der Waals surface area contributed by atoms with E-state index in [1.807, 2.05) is 36.4 Å². The number of piperidine rings is 1. The van der Waals surface area contributed by atoms with Gasteiger partial charge in [0.05, 0.1) is 11.5 Å². The lowest BCUT2D eigenvalue weighted by atomic mass is 9.71. The van der Waals surface area contributed by atoms with Gasteiger partial charge in [-0.25, -0.2) is 4.79 Å². The number of carboxylic acid groups (broad SMARTS) is 1. The molecule has 2 aliphatic rings. The number of amides is 2. The number of nitrogens with zero attached hydrogens (tertiary/aromatic N) is 1. The van der Waals surface area contributed by atoms with Crippen LogP contribution in [0.2, 0.25) is 10.0 Å². The van der Waals surface area contributed by atoms with Crippen molar-refractivity contribution in [2.45, 2.75) is 62.5 Å². The number of carbonyl (C=O) groups excluding carboxylic acids is 1. The summed E-state index contributed by atoms with van der Waals surface area (Å²) in [5, 5.41) is 24.3. The van der Waals surface area contributed by atoms with Crippen molar-refractivity contribution in [3.63, 3.8) is 0 Å². The normalized spacial score (nSPS) is 19.4. The molecule has 34 heavy (non-hydrogen) atoms. The first-order valence-corrected chi connectivity index (χ1v) is 12.6. The molecule has 1 saturated carbocycles. The predicted octanol–water partition coefficient (Wildman–Crippen LogP) is 5.70. The summed E-state index contributed by atoms with van der Waals surface area (Å²) in [6.45, 7) is 0.865. The van der Waals surface area contributed by atoms with E-state index in [0.29, 0.717) is 54.4 Å². The minimum absolute atomic E-state index is 0.150. The van der Waals surface area contributed by atoms with Gasteiger partial charge in [0.15, 0.2) is 0 Å². The van der Waals surface area contributed by atoms with Crippen LogP contribution in [0.1, 0.15) is 56.4 Å². The molecule has 2 aromatic carbocycles. The van der Waals surface area contributed by atoms with Crippen LogP contribution in [0.15, 0.2) is 42.5 Å². The van der Waals surface area contributed by atoms with E-state index in [2.05, 4.69) is 5.32 Å². The standard InChI is InChI=1S/C26H30Cl2N2O4/c27-19-6-4-5-17(15-19)18-7-8-22(28)21(16-18)23(26(34)11-2-1-3-12-26)24(31)30-13-9-20(10-14-30)29-25(32)33/h4-8,15-16,20,23,29,34H,1-3,9-14H2,(H,32,33). The van der Waals surface area contributed by atoms with Crippen LogP contribution in [0, 0.1) is 0 Å². The lowest BCUT2D eigenvalue weighted by molar-refractivity contribution is -0.142. The summed E-state index contributed by atoms with van der Waals surface area (Å²) >= 11 is 12.9. The Morgan fingerprint density at radius 2 is 1.68 bits per heavy atom. The Bertz CT molecular complexity index is 1050. The number of nitrogens with one attached hydrogen (secondary N) is 1. The molecule has 0 spiro atoms. The highest BCUT2D eigenvalue weighted by Gasteiger charge is 2.46. The van der Waals surface area contributed by atoms with Gasteiger partial charge in [-0.1, -0.05) is 60.7 Å².